The molecule has 2 nitrogen and oxygen atoms in total. The summed E-state index contributed by atoms with van der Waals surface area (Å²) in [6.07, 6.45) is 4.03. The summed E-state index contributed by atoms with van der Waals surface area (Å²) < 4.78 is 0. The topological polar surface area (TPSA) is 36.7 Å². The second kappa shape index (κ2) is 6.19. The summed E-state index contributed by atoms with van der Waals surface area (Å²) in [5.74, 6) is 0. The van der Waals surface area contributed by atoms with E-state index in [9.17, 15) is 0 Å². The number of rotatable bonds is 1. The zero-order valence-electron chi connectivity index (χ0n) is 8.76. The molecule has 1 heterocycles. The molecular weight excluding hydrogens is 160 g/mol. The maximum atomic E-state index is 8.46. The van der Waals surface area contributed by atoms with Gasteiger partial charge in [0.2, 0.25) is 0 Å². The van der Waals surface area contributed by atoms with Crippen LogP contribution in [0.25, 0.3) is 0 Å². The third-order valence-electron chi connectivity index (χ3n) is 1.84. The Bertz CT molecular complexity index is 297. The zero-order valence-corrected chi connectivity index (χ0v) is 8.76. The molecular formula is C11H16N2. The number of hydrogen-bond acceptors (Lipinski definition) is 2. The fourth-order valence-electron chi connectivity index (χ4n) is 0.949. The molecule has 0 N–H and O–H groups in total. The molecule has 0 bridgehead atoms. The van der Waals surface area contributed by atoms with Gasteiger partial charge in [-0.15, -0.1) is 0 Å². The van der Waals surface area contributed by atoms with E-state index in [1.807, 2.05) is 33.9 Å². The van der Waals surface area contributed by atoms with Gasteiger partial charge in [-0.2, -0.15) is 5.26 Å². The second-order valence-corrected chi connectivity index (χ2v) is 2.58. The van der Waals surface area contributed by atoms with Crippen LogP contribution in [0.3, 0.4) is 0 Å². The Morgan fingerprint density at radius 1 is 1.31 bits per heavy atom. The van der Waals surface area contributed by atoms with Crippen LogP contribution in [0.2, 0.25) is 0 Å². The molecule has 2 heteroatoms. The number of pyridine rings is 1. The Labute approximate surface area is 80.2 Å². The number of aromatic nitrogens is 1. The fraction of sp³-hybridized carbons (Fsp3) is 0.455. The Hall–Kier alpha value is -1.36. The first-order chi connectivity index (χ1) is 6.25. The smallest absolute Gasteiger partial charge is 0.0670 e. The highest BCUT2D eigenvalue weighted by molar-refractivity contribution is 5.30. The Morgan fingerprint density at radius 3 is 2.46 bits per heavy atom. The van der Waals surface area contributed by atoms with Gasteiger partial charge in [-0.05, 0) is 30.5 Å². The third kappa shape index (κ3) is 3.25. The molecule has 0 amide bonds. The van der Waals surface area contributed by atoms with Crippen molar-refractivity contribution in [1.82, 2.24) is 4.98 Å². The van der Waals surface area contributed by atoms with Gasteiger partial charge in [0.05, 0.1) is 12.5 Å². The maximum absolute atomic E-state index is 8.46. The predicted octanol–water partition coefficient (Wildman–Crippen LogP) is 2.79. The fourth-order valence-corrected chi connectivity index (χ4v) is 0.949. The summed E-state index contributed by atoms with van der Waals surface area (Å²) in [4.78, 5) is 4.01. The van der Waals surface area contributed by atoms with Crippen molar-refractivity contribution in [1.29, 1.82) is 5.26 Å². The van der Waals surface area contributed by atoms with Crippen LogP contribution in [0, 0.1) is 25.2 Å². The molecule has 0 spiro atoms. The molecule has 70 valence electrons. The van der Waals surface area contributed by atoms with Crippen LogP contribution in [-0.4, -0.2) is 4.98 Å². The van der Waals surface area contributed by atoms with Gasteiger partial charge in [-0.3, -0.25) is 4.98 Å². The highest BCUT2D eigenvalue weighted by Gasteiger charge is 1.99. The van der Waals surface area contributed by atoms with Crippen LogP contribution in [0.1, 0.15) is 30.5 Å². The largest absolute Gasteiger partial charge is 0.264 e. The summed E-state index contributed by atoms with van der Waals surface area (Å²) in [5.41, 5.74) is 3.37. The van der Waals surface area contributed by atoms with E-state index in [4.69, 9.17) is 5.26 Å². The lowest BCUT2D eigenvalue weighted by molar-refractivity contribution is 1.11. The summed E-state index contributed by atoms with van der Waals surface area (Å²) in [6, 6.07) is 2.11. The van der Waals surface area contributed by atoms with E-state index in [-0.39, 0.29) is 0 Å². The molecule has 0 saturated carbocycles. The third-order valence-corrected chi connectivity index (χ3v) is 1.84. The van der Waals surface area contributed by atoms with Gasteiger partial charge in [0, 0.05) is 12.4 Å². The van der Waals surface area contributed by atoms with Gasteiger partial charge in [0.1, 0.15) is 0 Å². The highest BCUT2D eigenvalue weighted by Crippen LogP contribution is 2.10. The first kappa shape index (κ1) is 11.6. The van der Waals surface area contributed by atoms with Crippen molar-refractivity contribution >= 4 is 0 Å². The zero-order chi connectivity index (χ0) is 10.3. The van der Waals surface area contributed by atoms with Crippen LogP contribution >= 0.6 is 0 Å². The van der Waals surface area contributed by atoms with E-state index in [0.29, 0.717) is 6.42 Å². The number of nitriles is 1. The number of hydrogen-bond donors (Lipinski definition) is 0. The van der Waals surface area contributed by atoms with E-state index < -0.39 is 0 Å². The maximum Gasteiger partial charge on any atom is 0.0670 e. The lowest BCUT2D eigenvalue weighted by Gasteiger charge is -2.02. The molecule has 0 aliphatic rings. The highest BCUT2D eigenvalue weighted by atomic mass is 14.6. The first-order valence-electron chi connectivity index (χ1n) is 4.52. The van der Waals surface area contributed by atoms with E-state index in [0.717, 1.165) is 11.1 Å². The summed E-state index contributed by atoms with van der Waals surface area (Å²) in [6.45, 7) is 8.02. The Balaban J connectivity index is 0.000000671. The number of nitrogens with zero attached hydrogens (tertiary/aromatic N) is 2. The predicted molar refractivity (Wildman–Crippen MR) is 54.4 cm³/mol. The van der Waals surface area contributed by atoms with Crippen LogP contribution in [-0.2, 0) is 6.42 Å². The average Bonchev–Trinajstić information content (AvgIpc) is 2.17. The molecule has 0 aliphatic heterocycles. The van der Waals surface area contributed by atoms with E-state index in [2.05, 4.69) is 11.1 Å². The van der Waals surface area contributed by atoms with Gasteiger partial charge in [-0.1, -0.05) is 13.8 Å². The standard InChI is InChI=1S/C9H10N2.C2H6/c1-7-5-11-6-9(3-4-10)8(7)2;1-2/h5-6H,3H2,1-2H3;1-2H3. The van der Waals surface area contributed by atoms with Gasteiger partial charge in [0.15, 0.2) is 0 Å². The molecule has 1 aromatic heterocycles. The van der Waals surface area contributed by atoms with E-state index in [1.54, 1.807) is 6.20 Å². The quantitative estimate of drug-likeness (QED) is 0.659. The lowest BCUT2D eigenvalue weighted by Crippen LogP contribution is -1.91. The van der Waals surface area contributed by atoms with Crippen molar-refractivity contribution < 1.29 is 0 Å². The summed E-state index contributed by atoms with van der Waals surface area (Å²) >= 11 is 0. The molecule has 13 heavy (non-hydrogen) atoms. The van der Waals surface area contributed by atoms with E-state index in [1.165, 1.54) is 5.56 Å². The summed E-state index contributed by atoms with van der Waals surface area (Å²) in [7, 11) is 0. The molecule has 0 aliphatic carbocycles. The lowest BCUT2D eigenvalue weighted by atomic mass is 10.1. The number of aryl methyl sites for hydroxylation is 1. The second-order valence-electron chi connectivity index (χ2n) is 2.58. The van der Waals surface area contributed by atoms with Gasteiger partial charge >= 0.3 is 0 Å². The first-order valence-corrected chi connectivity index (χ1v) is 4.52. The van der Waals surface area contributed by atoms with Crippen molar-refractivity contribution in [2.24, 2.45) is 0 Å². The van der Waals surface area contributed by atoms with Crippen molar-refractivity contribution in [3.05, 3.63) is 29.1 Å². The van der Waals surface area contributed by atoms with E-state index >= 15 is 0 Å². The monoisotopic (exact) mass is 176 g/mol. The Morgan fingerprint density at radius 2 is 1.92 bits per heavy atom. The van der Waals surface area contributed by atoms with Gasteiger partial charge in [0.25, 0.3) is 0 Å². The van der Waals surface area contributed by atoms with Gasteiger partial charge < -0.3 is 0 Å². The van der Waals surface area contributed by atoms with Crippen LogP contribution in [0.4, 0.5) is 0 Å². The minimum Gasteiger partial charge on any atom is -0.264 e. The molecule has 1 aromatic rings. The molecule has 1 rings (SSSR count). The van der Waals surface area contributed by atoms with Crippen molar-refractivity contribution in [2.75, 3.05) is 0 Å². The average molecular weight is 176 g/mol. The minimum absolute atomic E-state index is 0.459. The Kier molecular flexibility index (Phi) is 5.54. The van der Waals surface area contributed by atoms with Crippen LogP contribution in [0.5, 0.6) is 0 Å². The van der Waals surface area contributed by atoms with Crippen molar-refractivity contribution in [3.8, 4) is 6.07 Å². The normalized spacial score (nSPS) is 8.23. The molecule has 0 aromatic carbocycles. The molecule has 0 radical (unpaired) electrons. The van der Waals surface area contributed by atoms with Crippen molar-refractivity contribution in [3.63, 3.8) is 0 Å². The molecule has 0 atom stereocenters. The van der Waals surface area contributed by atoms with Crippen LogP contribution < -0.4 is 0 Å². The SMILES string of the molecule is CC.Cc1cncc(CC#N)c1C. The van der Waals surface area contributed by atoms with Crippen LogP contribution in [0.15, 0.2) is 12.4 Å². The van der Waals surface area contributed by atoms with Gasteiger partial charge in [-0.25, -0.2) is 0 Å². The minimum atomic E-state index is 0.459. The van der Waals surface area contributed by atoms with Crippen molar-refractivity contribution in [2.45, 2.75) is 34.1 Å². The molecule has 0 fully saturated rings. The molecule has 0 saturated heterocycles. The molecule has 0 unspecified atom stereocenters. The summed E-state index contributed by atoms with van der Waals surface area (Å²) in [5, 5.41) is 8.46.